The molecule has 1 aromatic heterocycles. The molecule has 1 N–H and O–H groups in total. The van der Waals surface area contributed by atoms with Crippen molar-refractivity contribution in [2.75, 3.05) is 11.9 Å². The van der Waals surface area contributed by atoms with Crippen LogP contribution in [0.15, 0.2) is 76.4 Å². The van der Waals surface area contributed by atoms with Crippen molar-refractivity contribution in [3.8, 4) is 0 Å². The Kier molecular flexibility index (Phi) is 6.55. The van der Waals surface area contributed by atoms with Gasteiger partial charge in [-0.1, -0.05) is 29.8 Å². The molecule has 0 saturated carbocycles. The third-order valence-electron chi connectivity index (χ3n) is 4.96. The van der Waals surface area contributed by atoms with Crippen LogP contribution in [0.4, 0.5) is 5.69 Å². The number of hydrogen-bond acceptors (Lipinski definition) is 6. The molecule has 2 aromatic carbocycles. The fourth-order valence-corrected chi connectivity index (χ4v) is 3.59. The van der Waals surface area contributed by atoms with E-state index in [-0.39, 0.29) is 11.5 Å². The summed E-state index contributed by atoms with van der Waals surface area (Å²) in [6.07, 6.45) is 1.97. The Morgan fingerprint density at radius 1 is 1.15 bits per heavy atom. The molecule has 9 heteroatoms. The van der Waals surface area contributed by atoms with Crippen molar-refractivity contribution in [2.45, 2.75) is 19.4 Å². The normalized spacial score (nSPS) is 15.2. The molecule has 1 aliphatic rings. The molecule has 2 amide bonds. The SMILES string of the molecule is CC(=O)Nc1cccc(C(=O)OCC(=O)N2N=C(c3ccc(Cl)cc3)CC2c2ccco2)c1. The predicted octanol–water partition coefficient (Wildman–Crippen LogP) is 4.43. The number of benzene rings is 2. The van der Waals surface area contributed by atoms with E-state index < -0.39 is 24.5 Å². The van der Waals surface area contributed by atoms with Crippen LogP contribution >= 0.6 is 11.6 Å². The Hall–Kier alpha value is -3.91. The molecule has 1 aliphatic heterocycles. The van der Waals surface area contributed by atoms with E-state index >= 15 is 0 Å². The van der Waals surface area contributed by atoms with Crippen molar-refractivity contribution in [1.29, 1.82) is 0 Å². The topological polar surface area (TPSA) is 101 Å². The third kappa shape index (κ3) is 5.30. The number of hydrogen-bond donors (Lipinski definition) is 1. The number of esters is 1. The molecule has 0 aliphatic carbocycles. The third-order valence-corrected chi connectivity index (χ3v) is 5.21. The van der Waals surface area contributed by atoms with Gasteiger partial charge in [0.2, 0.25) is 5.91 Å². The molecular formula is C24H20ClN3O5. The number of ether oxygens (including phenoxy) is 1. The highest BCUT2D eigenvalue weighted by Gasteiger charge is 2.35. The summed E-state index contributed by atoms with van der Waals surface area (Å²) in [5.74, 6) is -0.869. The summed E-state index contributed by atoms with van der Waals surface area (Å²) in [4.78, 5) is 36.6. The van der Waals surface area contributed by atoms with E-state index in [9.17, 15) is 14.4 Å². The van der Waals surface area contributed by atoms with Crippen LogP contribution in [-0.2, 0) is 14.3 Å². The number of hydrazone groups is 1. The average molecular weight is 466 g/mol. The van der Waals surface area contributed by atoms with E-state index in [0.717, 1.165) is 5.56 Å². The molecule has 0 spiro atoms. The second kappa shape index (κ2) is 9.70. The maximum Gasteiger partial charge on any atom is 0.338 e. The fraction of sp³-hybridized carbons (Fsp3) is 0.167. The molecule has 0 radical (unpaired) electrons. The van der Waals surface area contributed by atoms with Crippen LogP contribution in [0.5, 0.6) is 0 Å². The summed E-state index contributed by atoms with van der Waals surface area (Å²) in [5, 5.41) is 8.96. The monoisotopic (exact) mass is 465 g/mol. The van der Waals surface area contributed by atoms with Gasteiger partial charge in [0.1, 0.15) is 11.8 Å². The van der Waals surface area contributed by atoms with E-state index in [0.29, 0.717) is 28.6 Å². The van der Waals surface area contributed by atoms with Crippen molar-refractivity contribution in [3.63, 3.8) is 0 Å². The second-order valence-electron chi connectivity index (χ2n) is 7.37. The Labute approximate surface area is 194 Å². The van der Waals surface area contributed by atoms with Gasteiger partial charge in [-0.3, -0.25) is 9.59 Å². The molecule has 3 aromatic rings. The zero-order valence-electron chi connectivity index (χ0n) is 17.7. The molecule has 4 rings (SSSR count). The van der Waals surface area contributed by atoms with Crippen molar-refractivity contribution >= 4 is 40.8 Å². The van der Waals surface area contributed by atoms with Crippen LogP contribution < -0.4 is 5.32 Å². The average Bonchev–Trinajstić information content (AvgIpc) is 3.47. The summed E-state index contributed by atoms with van der Waals surface area (Å²) in [6.45, 7) is 0.867. The van der Waals surface area contributed by atoms with Gasteiger partial charge in [0, 0.05) is 24.1 Å². The number of halogens is 1. The molecular weight excluding hydrogens is 446 g/mol. The summed E-state index contributed by atoms with van der Waals surface area (Å²) in [5.41, 5.74) is 2.19. The van der Waals surface area contributed by atoms with Crippen molar-refractivity contribution in [3.05, 3.63) is 88.8 Å². The zero-order valence-corrected chi connectivity index (χ0v) is 18.4. The van der Waals surface area contributed by atoms with Gasteiger partial charge < -0.3 is 14.5 Å². The first-order chi connectivity index (χ1) is 15.9. The van der Waals surface area contributed by atoms with E-state index in [4.69, 9.17) is 20.8 Å². The first kappa shape index (κ1) is 22.3. The summed E-state index contributed by atoms with van der Waals surface area (Å²) >= 11 is 5.97. The molecule has 0 bridgehead atoms. The van der Waals surface area contributed by atoms with Crippen LogP contribution in [-0.4, -0.2) is 35.1 Å². The maximum atomic E-state index is 13.0. The van der Waals surface area contributed by atoms with Crippen molar-refractivity contribution in [1.82, 2.24) is 5.01 Å². The van der Waals surface area contributed by atoms with Gasteiger partial charge in [-0.05, 0) is 48.0 Å². The first-order valence-corrected chi connectivity index (χ1v) is 10.5. The van der Waals surface area contributed by atoms with Gasteiger partial charge in [0.05, 0.1) is 17.5 Å². The van der Waals surface area contributed by atoms with E-state index in [1.54, 1.807) is 36.4 Å². The van der Waals surface area contributed by atoms with Gasteiger partial charge in [-0.25, -0.2) is 9.80 Å². The summed E-state index contributed by atoms with van der Waals surface area (Å²) in [6, 6.07) is 16.5. The van der Waals surface area contributed by atoms with Crippen LogP contribution in [0.25, 0.3) is 0 Å². The van der Waals surface area contributed by atoms with Crippen LogP contribution in [0.2, 0.25) is 5.02 Å². The van der Waals surface area contributed by atoms with Crippen LogP contribution in [0, 0.1) is 0 Å². The number of rotatable bonds is 6. The summed E-state index contributed by atoms with van der Waals surface area (Å²) < 4.78 is 10.7. The number of amides is 2. The van der Waals surface area contributed by atoms with Crippen LogP contribution in [0.3, 0.4) is 0 Å². The highest BCUT2D eigenvalue weighted by molar-refractivity contribution is 6.30. The van der Waals surface area contributed by atoms with Crippen molar-refractivity contribution in [2.24, 2.45) is 5.10 Å². The zero-order chi connectivity index (χ0) is 23.4. The van der Waals surface area contributed by atoms with E-state index in [1.807, 2.05) is 12.1 Å². The lowest BCUT2D eigenvalue weighted by molar-refractivity contribution is -0.136. The highest BCUT2D eigenvalue weighted by atomic mass is 35.5. The van der Waals surface area contributed by atoms with E-state index in [1.165, 1.54) is 30.3 Å². The number of anilines is 1. The minimum Gasteiger partial charge on any atom is -0.467 e. The quantitative estimate of drug-likeness (QED) is 0.543. The Bertz CT molecular complexity index is 1210. The molecule has 0 saturated heterocycles. The molecule has 168 valence electrons. The maximum absolute atomic E-state index is 13.0. The number of carbonyl (C=O) groups excluding carboxylic acids is 3. The molecule has 1 unspecified atom stereocenters. The second-order valence-corrected chi connectivity index (χ2v) is 7.80. The van der Waals surface area contributed by atoms with E-state index in [2.05, 4.69) is 10.4 Å². The Balaban J connectivity index is 1.48. The van der Waals surface area contributed by atoms with Gasteiger partial charge in [0.25, 0.3) is 5.91 Å². The minimum absolute atomic E-state index is 0.211. The lowest BCUT2D eigenvalue weighted by Crippen LogP contribution is -2.31. The standard InChI is InChI=1S/C24H20ClN3O5/c1-15(29)26-19-5-2-4-17(12-19)24(31)33-14-23(30)28-21(22-6-3-11-32-22)13-20(27-28)16-7-9-18(25)10-8-16/h2-12,21H,13-14H2,1H3,(H,26,29). The Morgan fingerprint density at radius 3 is 2.64 bits per heavy atom. The number of nitrogens with one attached hydrogen (secondary N) is 1. The molecule has 33 heavy (non-hydrogen) atoms. The highest BCUT2D eigenvalue weighted by Crippen LogP contribution is 2.33. The number of carbonyl (C=O) groups is 3. The Morgan fingerprint density at radius 2 is 1.94 bits per heavy atom. The lowest BCUT2D eigenvalue weighted by Gasteiger charge is -2.19. The first-order valence-electron chi connectivity index (χ1n) is 10.1. The molecule has 0 fully saturated rings. The van der Waals surface area contributed by atoms with Crippen LogP contribution in [0.1, 0.15) is 41.1 Å². The number of nitrogens with zero attached hydrogens (tertiary/aromatic N) is 2. The van der Waals surface area contributed by atoms with Gasteiger partial charge in [0.15, 0.2) is 6.61 Å². The minimum atomic E-state index is -0.689. The van der Waals surface area contributed by atoms with Gasteiger partial charge >= 0.3 is 5.97 Å². The molecule has 1 atom stereocenters. The fourth-order valence-electron chi connectivity index (χ4n) is 3.46. The van der Waals surface area contributed by atoms with Crippen molar-refractivity contribution < 1.29 is 23.5 Å². The van der Waals surface area contributed by atoms with Gasteiger partial charge in [-0.2, -0.15) is 5.10 Å². The smallest absolute Gasteiger partial charge is 0.338 e. The lowest BCUT2D eigenvalue weighted by atomic mass is 10.0. The summed E-state index contributed by atoms with van der Waals surface area (Å²) in [7, 11) is 0. The molecule has 2 heterocycles. The number of furan rings is 1. The predicted molar refractivity (Wildman–Crippen MR) is 122 cm³/mol. The largest absolute Gasteiger partial charge is 0.467 e. The molecule has 8 nitrogen and oxygen atoms in total. The van der Waals surface area contributed by atoms with Gasteiger partial charge in [-0.15, -0.1) is 0 Å².